The first kappa shape index (κ1) is 46.8. The molecule has 298 valence electrons. The molecule has 7 heteroatoms. The molecule has 1 aliphatic heterocycles. The Morgan fingerprint density at radius 1 is 0.778 bits per heavy atom. The molecule has 6 atom stereocenters. The zero-order chi connectivity index (χ0) is 40.5. The van der Waals surface area contributed by atoms with Crippen molar-refractivity contribution < 1.29 is 34.6 Å². The van der Waals surface area contributed by atoms with Crippen LogP contribution in [-0.2, 0) is 14.2 Å². The lowest BCUT2D eigenvalue weighted by atomic mass is 9.71. The van der Waals surface area contributed by atoms with Crippen molar-refractivity contribution in [2.45, 2.75) is 138 Å². The van der Waals surface area contributed by atoms with E-state index in [1.165, 1.54) is 16.7 Å². The van der Waals surface area contributed by atoms with E-state index in [1.807, 2.05) is 63.3 Å². The van der Waals surface area contributed by atoms with E-state index in [0.717, 1.165) is 35.1 Å². The Bertz CT molecular complexity index is 1580. The average Bonchev–Trinajstić information content (AvgIpc) is 3.34. The van der Waals surface area contributed by atoms with Gasteiger partial charge in [-0.2, -0.15) is 0 Å². The second-order valence-electron chi connectivity index (χ2n) is 15.8. The van der Waals surface area contributed by atoms with Gasteiger partial charge < -0.3 is 34.6 Å². The summed E-state index contributed by atoms with van der Waals surface area (Å²) in [5.74, 6) is 0. The van der Waals surface area contributed by atoms with Crippen molar-refractivity contribution in [3.8, 4) is 0 Å². The molecule has 0 aromatic rings. The minimum atomic E-state index is -1.18. The Morgan fingerprint density at radius 3 is 1.72 bits per heavy atom. The maximum Gasteiger partial charge on any atom is 0.189 e. The van der Waals surface area contributed by atoms with E-state index in [4.69, 9.17) is 14.2 Å². The lowest BCUT2D eigenvalue weighted by Crippen LogP contribution is -2.38. The zero-order valence-corrected chi connectivity index (χ0v) is 34.6. The summed E-state index contributed by atoms with van der Waals surface area (Å²) >= 11 is 0. The molecule has 2 rings (SSSR count). The molecule has 1 aliphatic carbocycles. The summed E-state index contributed by atoms with van der Waals surface area (Å²) in [5.41, 5.74) is 6.95. The largest absolute Gasteiger partial charge is 0.393 e. The molecule has 7 nitrogen and oxygen atoms in total. The van der Waals surface area contributed by atoms with Crippen LogP contribution in [0, 0.1) is 5.41 Å². The van der Waals surface area contributed by atoms with E-state index in [0.29, 0.717) is 6.42 Å². The quantitative estimate of drug-likeness (QED) is 0.0818. The first-order valence-corrected chi connectivity index (χ1v) is 19.1. The minimum absolute atomic E-state index is 0.0151. The van der Waals surface area contributed by atoms with Gasteiger partial charge in [-0.15, -0.1) is 0 Å². The molecule has 1 fully saturated rings. The van der Waals surface area contributed by atoms with E-state index < -0.39 is 36.3 Å². The van der Waals surface area contributed by atoms with Crippen molar-refractivity contribution in [2.75, 3.05) is 6.79 Å². The van der Waals surface area contributed by atoms with Gasteiger partial charge in [0.25, 0.3) is 0 Å². The Kier molecular flexibility index (Phi) is 19.8. The fraction of sp³-hybridized carbons (Fsp3) is 0.489. The molecule has 1 saturated heterocycles. The molecule has 0 radical (unpaired) electrons. The van der Waals surface area contributed by atoms with Gasteiger partial charge in [0.05, 0.1) is 17.8 Å². The van der Waals surface area contributed by atoms with E-state index in [-0.39, 0.29) is 18.3 Å². The highest BCUT2D eigenvalue weighted by molar-refractivity contribution is 5.38. The first-order chi connectivity index (χ1) is 25.3. The summed E-state index contributed by atoms with van der Waals surface area (Å²) < 4.78 is 16.8. The van der Waals surface area contributed by atoms with Crippen LogP contribution in [-0.4, -0.2) is 69.6 Å². The Labute approximate surface area is 326 Å². The molecule has 2 aliphatic rings. The van der Waals surface area contributed by atoms with Gasteiger partial charge in [0.1, 0.15) is 18.3 Å². The molecule has 0 saturated carbocycles. The molecule has 0 amide bonds. The third kappa shape index (κ3) is 17.0. The van der Waals surface area contributed by atoms with Gasteiger partial charge >= 0.3 is 0 Å². The monoisotopic (exact) mass is 744 g/mol. The van der Waals surface area contributed by atoms with Crippen LogP contribution < -0.4 is 0 Å². The fourth-order valence-electron chi connectivity index (χ4n) is 6.25. The lowest BCUT2D eigenvalue weighted by molar-refractivity contribution is -0.228. The van der Waals surface area contributed by atoms with Gasteiger partial charge in [-0.3, -0.25) is 0 Å². The molecule has 6 unspecified atom stereocenters. The first-order valence-electron chi connectivity index (χ1n) is 19.1. The van der Waals surface area contributed by atoms with Crippen molar-refractivity contribution >= 4 is 0 Å². The Hall–Kier alpha value is -3.40. The molecule has 4 N–H and O–H groups in total. The van der Waals surface area contributed by atoms with Crippen LogP contribution in [0.1, 0.15) is 95.4 Å². The van der Waals surface area contributed by atoms with Crippen LogP contribution in [0.5, 0.6) is 0 Å². The lowest BCUT2D eigenvalue weighted by Gasteiger charge is -2.35. The molecule has 0 aromatic heterocycles. The van der Waals surface area contributed by atoms with Gasteiger partial charge in [-0.1, -0.05) is 158 Å². The molecule has 0 aromatic carbocycles. The zero-order valence-electron chi connectivity index (χ0n) is 34.6. The summed E-state index contributed by atoms with van der Waals surface area (Å²) in [6, 6.07) is 0. The minimum Gasteiger partial charge on any atom is -0.393 e. The predicted octanol–water partition coefficient (Wildman–Crippen LogP) is 9.54. The highest BCUT2D eigenvalue weighted by atomic mass is 16.8. The van der Waals surface area contributed by atoms with E-state index in [2.05, 4.69) is 96.2 Å². The number of allylic oxidation sites excluding steroid dienone is 22. The molecule has 54 heavy (non-hydrogen) atoms. The maximum atomic E-state index is 10.6. The summed E-state index contributed by atoms with van der Waals surface area (Å²) in [7, 11) is 0. The van der Waals surface area contributed by atoms with E-state index in [1.54, 1.807) is 19.9 Å². The average molecular weight is 745 g/mol. The third-order valence-corrected chi connectivity index (χ3v) is 9.40. The Morgan fingerprint density at radius 2 is 1.26 bits per heavy atom. The SMILES string of the molecule is CCC1OC(OCOC(C=CC(C)=CC=CC(C)=CC=CC(C)=CC=CC=C(C)C=CC=C(C)C=CC2=C(C)CC(O)CC2(C)C)C(C)(C)O)C(O)C1O. The predicted molar refractivity (Wildman–Crippen MR) is 223 cm³/mol. The molecule has 1 heterocycles. The van der Waals surface area contributed by atoms with Crippen LogP contribution in [0.3, 0.4) is 0 Å². The van der Waals surface area contributed by atoms with E-state index in [9.17, 15) is 20.4 Å². The number of aliphatic hydroxyl groups excluding tert-OH is 3. The highest BCUT2D eigenvalue weighted by Gasteiger charge is 2.42. The standard InChI is InChI=1S/C47H68O7/c1-12-41-43(49)44(50)45(54-41)53-32-52-42(47(10,11)51)29-27-37(6)25-17-23-35(4)22-15-20-33(2)18-13-14-19-34(3)21-16-24-36(5)26-28-40-38(7)30-39(48)31-46(40,8)9/h13-29,39,41-45,48-51H,12,30-32H2,1-11H3. The summed E-state index contributed by atoms with van der Waals surface area (Å²) in [5, 5.41) is 40.9. The third-order valence-electron chi connectivity index (χ3n) is 9.40. The fourth-order valence-corrected chi connectivity index (χ4v) is 6.25. The molecular formula is C47H68O7. The highest BCUT2D eigenvalue weighted by Crippen LogP contribution is 2.41. The van der Waals surface area contributed by atoms with Crippen LogP contribution in [0.15, 0.2) is 142 Å². The smallest absolute Gasteiger partial charge is 0.189 e. The van der Waals surface area contributed by atoms with Crippen molar-refractivity contribution in [1.29, 1.82) is 0 Å². The second kappa shape index (κ2) is 22.9. The van der Waals surface area contributed by atoms with Crippen LogP contribution in [0.25, 0.3) is 0 Å². The van der Waals surface area contributed by atoms with Crippen LogP contribution in [0.4, 0.5) is 0 Å². The van der Waals surface area contributed by atoms with Gasteiger partial charge in [0.15, 0.2) is 13.1 Å². The second-order valence-corrected chi connectivity index (χ2v) is 15.8. The maximum absolute atomic E-state index is 10.6. The number of hydrogen-bond donors (Lipinski definition) is 4. The van der Waals surface area contributed by atoms with Gasteiger partial charge in [0, 0.05) is 0 Å². The normalized spacial score (nSPS) is 26.4. The van der Waals surface area contributed by atoms with Crippen molar-refractivity contribution in [3.63, 3.8) is 0 Å². The molecule has 0 spiro atoms. The van der Waals surface area contributed by atoms with Gasteiger partial charge in [0.2, 0.25) is 0 Å². The topological polar surface area (TPSA) is 109 Å². The van der Waals surface area contributed by atoms with Crippen molar-refractivity contribution in [3.05, 3.63) is 142 Å². The number of aliphatic hydroxyl groups is 4. The molecular weight excluding hydrogens is 677 g/mol. The van der Waals surface area contributed by atoms with Crippen molar-refractivity contribution in [2.24, 2.45) is 5.41 Å². The van der Waals surface area contributed by atoms with Gasteiger partial charge in [-0.05, 0) is 85.6 Å². The molecule has 0 bridgehead atoms. The van der Waals surface area contributed by atoms with Crippen molar-refractivity contribution in [1.82, 2.24) is 0 Å². The van der Waals surface area contributed by atoms with Crippen LogP contribution >= 0.6 is 0 Å². The number of rotatable bonds is 18. The summed E-state index contributed by atoms with van der Waals surface area (Å²) in [6.45, 7) is 21.7. The number of ether oxygens (including phenoxy) is 3. The van der Waals surface area contributed by atoms with Crippen LogP contribution in [0.2, 0.25) is 0 Å². The summed E-state index contributed by atoms with van der Waals surface area (Å²) in [4.78, 5) is 0. The number of hydrogen-bond acceptors (Lipinski definition) is 7. The summed E-state index contributed by atoms with van der Waals surface area (Å²) in [6.07, 6.45) is 32.3. The van der Waals surface area contributed by atoms with E-state index >= 15 is 0 Å². The Balaban J connectivity index is 1.85. The van der Waals surface area contributed by atoms with Gasteiger partial charge in [-0.25, -0.2) is 0 Å².